The molecule has 0 amide bonds. The second-order valence-corrected chi connectivity index (χ2v) is 3.91. The summed E-state index contributed by atoms with van der Waals surface area (Å²) >= 11 is 0. The number of ether oxygens (including phenoxy) is 3. The summed E-state index contributed by atoms with van der Waals surface area (Å²) in [6.45, 7) is 6.16. The van der Waals surface area contributed by atoms with E-state index in [0.717, 1.165) is 12.8 Å². The third-order valence-corrected chi connectivity index (χ3v) is 2.18. The molecule has 6 nitrogen and oxygen atoms in total. The fourth-order valence-electron chi connectivity index (χ4n) is 1.20. The minimum absolute atomic E-state index is 0.134. The number of hydrogen-bond donors (Lipinski definition) is 0. The van der Waals surface area contributed by atoms with Crippen LogP contribution in [0.2, 0.25) is 0 Å². The molecule has 20 heavy (non-hydrogen) atoms. The van der Waals surface area contributed by atoms with Gasteiger partial charge in [0.1, 0.15) is 13.2 Å². The molecule has 0 radical (unpaired) electrons. The van der Waals surface area contributed by atoms with E-state index in [9.17, 15) is 14.4 Å². The number of hydrogen-bond acceptors (Lipinski definition) is 6. The lowest BCUT2D eigenvalue weighted by molar-refractivity contribution is -0.149. The van der Waals surface area contributed by atoms with Crippen molar-refractivity contribution in [3.63, 3.8) is 0 Å². The monoisotopic (exact) mass is 284 g/mol. The van der Waals surface area contributed by atoms with Crippen LogP contribution in [0.4, 0.5) is 0 Å². The summed E-state index contributed by atoms with van der Waals surface area (Å²) in [5.74, 6) is -0.944. The number of rotatable bonds is 6. The molecule has 0 atom stereocenters. The summed E-state index contributed by atoms with van der Waals surface area (Å²) in [6.07, 6.45) is 5.82. The Bertz CT molecular complexity index is 367. The molecule has 0 N–H and O–H groups in total. The minimum atomic E-state index is -0.368. The molecule has 0 aromatic rings. The molecular formula is C14H20O6. The van der Waals surface area contributed by atoms with Gasteiger partial charge in [0, 0.05) is 13.8 Å². The van der Waals surface area contributed by atoms with Crippen LogP contribution >= 0.6 is 0 Å². The van der Waals surface area contributed by atoms with Crippen molar-refractivity contribution in [2.75, 3.05) is 13.2 Å². The zero-order valence-corrected chi connectivity index (χ0v) is 11.8. The zero-order valence-electron chi connectivity index (χ0n) is 11.8. The molecule has 0 fully saturated rings. The van der Waals surface area contributed by atoms with E-state index in [1.54, 1.807) is 0 Å². The molecule has 0 spiro atoms. The van der Waals surface area contributed by atoms with Gasteiger partial charge in [0.05, 0.1) is 12.7 Å². The van der Waals surface area contributed by atoms with Gasteiger partial charge in [0.25, 0.3) is 0 Å². The van der Waals surface area contributed by atoms with Gasteiger partial charge < -0.3 is 14.2 Å². The average Bonchev–Trinajstić information content (AvgIpc) is 2.30. The molecule has 0 unspecified atom stereocenters. The van der Waals surface area contributed by atoms with Gasteiger partial charge in [-0.15, -0.1) is 0 Å². The highest BCUT2D eigenvalue weighted by molar-refractivity contribution is 5.73. The van der Waals surface area contributed by atoms with Gasteiger partial charge in [-0.2, -0.15) is 0 Å². The standard InChI is InChI=1S/C8H10O2.C6H10O4/c1-2-10-8(9)6-7-4-3-5-7;1-5(7)9-3-4-10-6(2)8/h2,4H,1,3,5-6H2;3-4H2,1-2H3. The molecule has 1 aliphatic rings. The minimum Gasteiger partial charge on any atom is -0.462 e. The number of carbonyl (C=O) groups excluding carboxylic acids is 3. The van der Waals surface area contributed by atoms with Gasteiger partial charge in [0.2, 0.25) is 0 Å². The summed E-state index contributed by atoms with van der Waals surface area (Å²) in [6, 6.07) is 0. The molecule has 0 heterocycles. The van der Waals surface area contributed by atoms with E-state index >= 15 is 0 Å². The maximum atomic E-state index is 10.7. The lowest BCUT2D eigenvalue weighted by Crippen LogP contribution is -2.09. The number of carbonyl (C=O) groups is 3. The third-order valence-electron chi connectivity index (χ3n) is 2.18. The Morgan fingerprint density at radius 2 is 1.70 bits per heavy atom. The van der Waals surface area contributed by atoms with E-state index < -0.39 is 0 Å². The van der Waals surface area contributed by atoms with Crippen molar-refractivity contribution < 1.29 is 28.6 Å². The highest BCUT2D eigenvalue weighted by Gasteiger charge is 2.10. The molecule has 0 saturated heterocycles. The quantitative estimate of drug-likeness (QED) is 0.244. The van der Waals surface area contributed by atoms with E-state index in [1.807, 2.05) is 0 Å². The van der Waals surface area contributed by atoms with Crippen LogP contribution < -0.4 is 0 Å². The second kappa shape index (κ2) is 10.8. The lowest BCUT2D eigenvalue weighted by atomic mass is 9.96. The fourth-order valence-corrected chi connectivity index (χ4v) is 1.20. The predicted octanol–water partition coefficient (Wildman–Crippen LogP) is 1.90. The van der Waals surface area contributed by atoms with Gasteiger partial charge >= 0.3 is 17.9 Å². The van der Waals surface area contributed by atoms with Crippen molar-refractivity contribution in [1.29, 1.82) is 0 Å². The molecule has 1 rings (SSSR count). The van der Waals surface area contributed by atoms with Gasteiger partial charge in [-0.05, 0) is 12.8 Å². The van der Waals surface area contributed by atoms with Crippen LogP contribution in [0.5, 0.6) is 0 Å². The molecule has 0 aliphatic heterocycles. The molecule has 112 valence electrons. The molecule has 0 saturated carbocycles. The summed E-state index contributed by atoms with van der Waals surface area (Å²) in [5.41, 5.74) is 1.19. The SMILES string of the molecule is C=COC(=O)CC1=CCC1.CC(=O)OCCOC(C)=O. The van der Waals surface area contributed by atoms with Crippen LogP contribution in [0.3, 0.4) is 0 Å². The first-order valence-electron chi connectivity index (χ1n) is 6.20. The fraction of sp³-hybridized carbons (Fsp3) is 0.500. The van der Waals surface area contributed by atoms with Crippen LogP contribution in [-0.4, -0.2) is 31.1 Å². The molecule has 0 bridgehead atoms. The third kappa shape index (κ3) is 11.0. The van der Waals surface area contributed by atoms with Gasteiger partial charge in [0.15, 0.2) is 0 Å². The first kappa shape index (κ1) is 17.9. The van der Waals surface area contributed by atoms with Crippen LogP contribution in [0.25, 0.3) is 0 Å². The van der Waals surface area contributed by atoms with Crippen LogP contribution in [0.1, 0.15) is 33.1 Å². The highest BCUT2D eigenvalue weighted by Crippen LogP contribution is 2.21. The highest BCUT2D eigenvalue weighted by atomic mass is 16.6. The van der Waals surface area contributed by atoms with E-state index in [0.29, 0.717) is 6.42 Å². The Morgan fingerprint density at radius 1 is 1.20 bits per heavy atom. The van der Waals surface area contributed by atoms with Crippen LogP contribution in [0.15, 0.2) is 24.5 Å². The van der Waals surface area contributed by atoms with Gasteiger partial charge in [-0.1, -0.05) is 18.2 Å². The molecule has 6 heteroatoms. The van der Waals surface area contributed by atoms with Crippen LogP contribution in [-0.2, 0) is 28.6 Å². The van der Waals surface area contributed by atoms with Crippen LogP contribution in [0, 0.1) is 0 Å². The predicted molar refractivity (Wildman–Crippen MR) is 71.5 cm³/mol. The largest absolute Gasteiger partial charge is 0.462 e. The lowest BCUT2D eigenvalue weighted by Gasteiger charge is -2.11. The van der Waals surface area contributed by atoms with Crippen molar-refractivity contribution in [3.05, 3.63) is 24.5 Å². The Kier molecular flexibility index (Phi) is 9.64. The van der Waals surface area contributed by atoms with E-state index in [1.165, 1.54) is 25.7 Å². The maximum absolute atomic E-state index is 10.7. The maximum Gasteiger partial charge on any atom is 0.314 e. The Labute approximate surface area is 118 Å². The van der Waals surface area contributed by atoms with Gasteiger partial charge in [-0.25, -0.2) is 0 Å². The number of esters is 3. The molecule has 0 aromatic carbocycles. The molecule has 0 aromatic heterocycles. The van der Waals surface area contributed by atoms with Gasteiger partial charge in [-0.3, -0.25) is 14.4 Å². The summed E-state index contributed by atoms with van der Waals surface area (Å²) in [5, 5.41) is 0. The van der Waals surface area contributed by atoms with Crippen molar-refractivity contribution in [3.8, 4) is 0 Å². The Balaban J connectivity index is 0.000000361. The smallest absolute Gasteiger partial charge is 0.314 e. The normalized spacial score (nSPS) is 11.8. The molecular weight excluding hydrogens is 264 g/mol. The first-order valence-corrected chi connectivity index (χ1v) is 6.20. The summed E-state index contributed by atoms with van der Waals surface area (Å²) in [4.78, 5) is 31.0. The van der Waals surface area contributed by atoms with E-state index in [-0.39, 0.29) is 31.1 Å². The Hall–Kier alpha value is -2.11. The second-order valence-electron chi connectivity index (χ2n) is 3.91. The van der Waals surface area contributed by atoms with Crippen molar-refractivity contribution >= 4 is 17.9 Å². The van der Waals surface area contributed by atoms with E-state index in [4.69, 9.17) is 0 Å². The first-order chi connectivity index (χ1) is 9.45. The Morgan fingerprint density at radius 3 is 2.00 bits per heavy atom. The van der Waals surface area contributed by atoms with E-state index in [2.05, 4.69) is 26.9 Å². The van der Waals surface area contributed by atoms with Crippen molar-refractivity contribution in [1.82, 2.24) is 0 Å². The number of allylic oxidation sites excluding steroid dienone is 1. The summed E-state index contributed by atoms with van der Waals surface area (Å²) < 4.78 is 13.5. The summed E-state index contributed by atoms with van der Waals surface area (Å²) in [7, 11) is 0. The van der Waals surface area contributed by atoms with Crippen molar-refractivity contribution in [2.45, 2.75) is 33.1 Å². The molecule has 1 aliphatic carbocycles. The van der Waals surface area contributed by atoms with Crippen molar-refractivity contribution in [2.24, 2.45) is 0 Å². The average molecular weight is 284 g/mol. The topological polar surface area (TPSA) is 78.9 Å². The zero-order chi connectivity index (χ0) is 15.4.